The van der Waals surface area contributed by atoms with Gasteiger partial charge in [-0.15, -0.1) is 0 Å². The molecule has 0 spiro atoms. The van der Waals surface area contributed by atoms with Crippen molar-refractivity contribution < 1.29 is 14.0 Å². The van der Waals surface area contributed by atoms with Gasteiger partial charge in [0, 0.05) is 3.57 Å². The monoisotopic (exact) mass is 381 g/mol. The molecule has 3 nitrogen and oxygen atoms in total. The highest BCUT2D eigenvalue weighted by Crippen LogP contribution is 2.30. The zero-order chi connectivity index (χ0) is 14.3. The van der Waals surface area contributed by atoms with Crippen molar-refractivity contribution >= 4 is 40.0 Å². The molecule has 0 radical (unpaired) electrons. The maximum atomic E-state index is 13.2. The summed E-state index contributed by atoms with van der Waals surface area (Å²) in [7, 11) is 0. The van der Waals surface area contributed by atoms with Crippen molar-refractivity contribution in [3.63, 3.8) is 0 Å². The largest absolute Gasteiger partial charge is 0.300 e. The summed E-state index contributed by atoms with van der Waals surface area (Å²) in [6, 6.07) is 11.5. The molecule has 1 amide bonds. The quantitative estimate of drug-likeness (QED) is 0.592. The molecular weight excluding hydrogens is 372 g/mol. The lowest BCUT2D eigenvalue weighted by molar-refractivity contribution is -0.114. The van der Waals surface area contributed by atoms with Crippen LogP contribution in [0.25, 0.3) is 0 Å². The predicted molar refractivity (Wildman–Crippen MR) is 81.1 cm³/mol. The highest BCUT2D eigenvalue weighted by atomic mass is 127. The highest BCUT2D eigenvalue weighted by molar-refractivity contribution is 14.1. The molecule has 20 heavy (non-hydrogen) atoms. The van der Waals surface area contributed by atoms with Gasteiger partial charge in [0.25, 0.3) is 11.7 Å². The Labute approximate surface area is 128 Å². The zero-order valence-electron chi connectivity index (χ0n) is 10.3. The number of rotatable bonds is 2. The second-order valence-electron chi connectivity index (χ2n) is 4.51. The maximum absolute atomic E-state index is 13.2. The lowest BCUT2D eigenvalue weighted by atomic mass is 10.1. The standard InChI is InChI=1S/C15H9FINO2/c16-10-3-6-13-12(7-10)14(19)15(20)18(13)8-9-1-4-11(17)5-2-9/h1-7H,8H2. The Morgan fingerprint density at radius 3 is 2.45 bits per heavy atom. The van der Waals surface area contributed by atoms with Gasteiger partial charge < -0.3 is 4.90 Å². The predicted octanol–water partition coefficient (Wildman–Crippen LogP) is 3.16. The van der Waals surface area contributed by atoms with Gasteiger partial charge in [-0.25, -0.2) is 4.39 Å². The Morgan fingerprint density at radius 2 is 1.75 bits per heavy atom. The van der Waals surface area contributed by atoms with Crippen LogP contribution >= 0.6 is 22.6 Å². The van der Waals surface area contributed by atoms with Gasteiger partial charge in [-0.05, 0) is 58.5 Å². The normalized spacial score (nSPS) is 13.8. The van der Waals surface area contributed by atoms with E-state index in [4.69, 9.17) is 0 Å². The van der Waals surface area contributed by atoms with Crippen LogP contribution in [0.3, 0.4) is 0 Å². The Bertz CT molecular complexity index is 712. The van der Waals surface area contributed by atoms with Crippen LogP contribution in [0.2, 0.25) is 0 Å². The maximum Gasteiger partial charge on any atom is 0.299 e. The molecule has 2 aromatic rings. The van der Waals surface area contributed by atoms with Gasteiger partial charge in [-0.3, -0.25) is 9.59 Å². The summed E-state index contributed by atoms with van der Waals surface area (Å²) in [5.41, 5.74) is 1.53. The Kier molecular flexibility index (Phi) is 3.29. The molecule has 1 aliphatic rings. The van der Waals surface area contributed by atoms with Crippen molar-refractivity contribution in [2.75, 3.05) is 4.90 Å². The summed E-state index contributed by atoms with van der Waals surface area (Å²) in [6.07, 6.45) is 0. The van der Waals surface area contributed by atoms with Crippen molar-refractivity contribution in [3.05, 3.63) is 63.0 Å². The Balaban J connectivity index is 1.97. The van der Waals surface area contributed by atoms with E-state index in [1.807, 2.05) is 24.3 Å². The minimum absolute atomic E-state index is 0.139. The number of amides is 1. The second-order valence-corrected chi connectivity index (χ2v) is 5.75. The zero-order valence-corrected chi connectivity index (χ0v) is 12.4. The third-order valence-electron chi connectivity index (χ3n) is 3.19. The van der Waals surface area contributed by atoms with E-state index in [1.54, 1.807) is 0 Å². The van der Waals surface area contributed by atoms with E-state index in [2.05, 4.69) is 22.6 Å². The fourth-order valence-electron chi connectivity index (χ4n) is 2.20. The molecule has 0 saturated heterocycles. The fraction of sp³-hybridized carbons (Fsp3) is 0.0667. The molecule has 0 saturated carbocycles. The van der Waals surface area contributed by atoms with Crippen LogP contribution in [0.15, 0.2) is 42.5 Å². The van der Waals surface area contributed by atoms with E-state index in [0.717, 1.165) is 15.2 Å². The van der Waals surface area contributed by atoms with Gasteiger partial charge in [0.05, 0.1) is 17.8 Å². The van der Waals surface area contributed by atoms with Gasteiger partial charge in [-0.1, -0.05) is 12.1 Å². The molecule has 0 bridgehead atoms. The lowest BCUT2D eigenvalue weighted by Crippen LogP contribution is -2.29. The average Bonchev–Trinajstić information content (AvgIpc) is 2.66. The number of anilines is 1. The SMILES string of the molecule is O=C1C(=O)N(Cc2ccc(I)cc2)c2ccc(F)cc21. The number of ketones is 1. The van der Waals surface area contributed by atoms with E-state index < -0.39 is 17.5 Å². The number of hydrogen-bond donors (Lipinski definition) is 0. The topological polar surface area (TPSA) is 37.4 Å². The van der Waals surface area contributed by atoms with Crippen LogP contribution in [0.5, 0.6) is 0 Å². The number of benzene rings is 2. The summed E-state index contributed by atoms with van der Waals surface area (Å²) in [5, 5.41) is 0. The molecule has 2 aromatic carbocycles. The minimum atomic E-state index is -0.648. The Morgan fingerprint density at radius 1 is 1.05 bits per heavy atom. The molecule has 3 rings (SSSR count). The van der Waals surface area contributed by atoms with Crippen molar-refractivity contribution in [2.24, 2.45) is 0 Å². The molecule has 100 valence electrons. The van der Waals surface area contributed by atoms with Crippen LogP contribution in [0, 0.1) is 9.39 Å². The van der Waals surface area contributed by atoms with E-state index >= 15 is 0 Å². The third kappa shape index (κ3) is 2.22. The summed E-state index contributed by atoms with van der Waals surface area (Å²) < 4.78 is 14.3. The van der Waals surface area contributed by atoms with E-state index in [0.29, 0.717) is 12.2 Å². The van der Waals surface area contributed by atoms with E-state index in [1.165, 1.54) is 17.0 Å². The van der Waals surface area contributed by atoms with Gasteiger partial charge in [0.15, 0.2) is 0 Å². The molecule has 0 unspecified atom stereocenters. The average molecular weight is 381 g/mol. The van der Waals surface area contributed by atoms with Gasteiger partial charge in [0.2, 0.25) is 0 Å². The smallest absolute Gasteiger partial charge is 0.299 e. The van der Waals surface area contributed by atoms with Crippen molar-refractivity contribution in [2.45, 2.75) is 6.54 Å². The number of Topliss-reactive ketones (excluding diaryl/α,β-unsaturated/α-hetero) is 1. The molecule has 0 atom stereocenters. The summed E-state index contributed by atoms with van der Waals surface area (Å²) in [6.45, 7) is 0.306. The van der Waals surface area contributed by atoms with E-state index in [9.17, 15) is 14.0 Å². The first-order valence-corrected chi connectivity index (χ1v) is 7.04. The van der Waals surface area contributed by atoms with Crippen LogP contribution in [-0.2, 0) is 11.3 Å². The Hall–Kier alpha value is -1.76. The van der Waals surface area contributed by atoms with Crippen LogP contribution in [-0.4, -0.2) is 11.7 Å². The molecule has 0 fully saturated rings. The summed E-state index contributed by atoms with van der Waals surface area (Å²) in [5.74, 6) is -1.77. The molecule has 0 aromatic heterocycles. The van der Waals surface area contributed by atoms with Gasteiger partial charge in [-0.2, -0.15) is 0 Å². The van der Waals surface area contributed by atoms with Crippen molar-refractivity contribution in [1.82, 2.24) is 0 Å². The van der Waals surface area contributed by atoms with Crippen LogP contribution in [0.4, 0.5) is 10.1 Å². The first-order valence-electron chi connectivity index (χ1n) is 5.96. The van der Waals surface area contributed by atoms with Gasteiger partial charge >= 0.3 is 0 Å². The molecule has 1 aliphatic heterocycles. The van der Waals surface area contributed by atoms with Crippen LogP contribution < -0.4 is 4.90 Å². The second kappa shape index (κ2) is 4.97. The van der Waals surface area contributed by atoms with Crippen molar-refractivity contribution in [1.29, 1.82) is 0 Å². The van der Waals surface area contributed by atoms with Gasteiger partial charge in [0.1, 0.15) is 5.82 Å². The molecule has 1 heterocycles. The number of carbonyl (C=O) groups excluding carboxylic acids is 2. The molecule has 0 aliphatic carbocycles. The summed E-state index contributed by atoms with van der Waals surface area (Å²) in [4.78, 5) is 25.2. The lowest BCUT2D eigenvalue weighted by Gasteiger charge is -2.16. The minimum Gasteiger partial charge on any atom is -0.300 e. The van der Waals surface area contributed by atoms with Crippen molar-refractivity contribution in [3.8, 4) is 0 Å². The van der Waals surface area contributed by atoms with Crippen LogP contribution in [0.1, 0.15) is 15.9 Å². The molecular formula is C15H9FINO2. The molecule has 5 heteroatoms. The summed E-state index contributed by atoms with van der Waals surface area (Å²) >= 11 is 2.20. The number of fused-ring (bicyclic) bond motifs is 1. The number of carbonyl (C=O) groups is 2. The number of nitrogens with zero attached hydrogens (tertiary/aromatic N) is 1. The number of halogens is 2. The number of hydrogen-bond acceptors (Lipinski definition) is 2. The first kappa shape index (κ1) is 13.2. The fourth-order valence-corrected chi connectivity index (χ4v) is 2.56. The first-order chi connectivity index (χ1) is 9.56. The highest BCUT2D eigenvalue weighted by Gasteiger charge is 2.35. The van der Waals surface area contributed by atoms with E-state index in [-0.39, 0.29) is 5.56 Å². The third-order valence-corrected chi connectivity index (χ3v) is 3.91. The molecule has 0 N–H and O–H groups in total.